The lowest BCUT2D eigenvalue weighted by Gasteiger charge is -2.26. The molecule has 0 saturated carbocycles. The predicted octanol–water partition coefficient (Wildman–Crippen LogP) is 3.44. The standard InChI is InChI=1S/C15H20O2/c1-9-5-10(2)12-8-15(3,4)13(7-14(16)17)11(12)6-9/h5-6,13H,7-8H2,1-4H3,(H,16,17). The van der Waals surface area contributed by atoms with Gasteiger partial charge >= 0.3 is 5.97 Å². The average molecular weight is 232 g/mol. The molecular formula is C15H20O2. The lowest BCUT2D eigenvalue weighted by Crippen LogP contribution is -2.20. The third-order valence-electron chi connectivity index (χ3n) is 3.98. The van der Waals surface area contributed by atoms with E-state index in [-0.39, 0.29) is 17.8 Å². The molecule has 1 atom stereocenters. The minimum atomic E-state index is -0.699. The number of benzene rings is 1. The fourth-order valence-corrected chi connectivity index (χ4v) is 3.14. The van der Waals surface area contributed by atoms with Crippen LogP contribution in [0.2, 0.25) is 0 Å². The van der Waals surface area contributed by atoms with Crippen LogP contribution in [-0.2, 0) is 11.2 Å². The molecule has 2 heteroatoms. The SMILES string of the molecule is Cc1cc(C)c2c(c1)C(CC(=O)O)C(C)(C)C2. The molecule has 0 bridgehead atoms. The number of aryl methyl sites for hydroxylation is 2. The van der Waals surface area contributed by atoms with Crippen LogP contribution in [0, 0.1) is 19.3 Å². The smallest absolute Gasteiger partial charge is 0.303 e. The van der Waals surface area contributed by atoms with Gasteiger partial charge in [0, 0.05) is 5.92 Å². The van der Waals surface area contributed by atoms with Gasteiger partial charge in [-0.05, 0) is 42.4 Å². The van der Waals surface area contributed by atoms with Gasteiger partial charge in [-0.1, -0.05) is 31.5 Å². The maximum absolute atomic E-state index is 11.0. The summed E-state index contributed by atoms with van der Waals surface area (Å²) in [5.74, 6) is -0.552. The summed E-state index contributed by atoms with van der Waals surface area (Å²) < 4.78 is 0. The van der Waals surface area contributed by atoms with Gasteiger partial charge < -0.3 is 5.11 Å². The molecule has 17 heavy (non-hydrogen) atoms. The fraction of sp³-hybridized carbons (Fsp3) is 0.533. The van der Waals surface area contributed by atoms with Crippen LogP contribution in [0.4, 0.5) is 0 Å². The Morgan fingerprint density at radius 2 is 2.06 bits per heavy atom. The van der Waals surface area contributed by atoms with Crippen LogP contribution in [0.5, 0.6) is 0 Å². The Bertz CT molecular complexity index is 472. The van der Waals surface area contributed by atoms with Crippen molar-refractivity contribution in [2.24, 2.45) is 5.41 Å². The van der Waals surface area contributed by atoms with Crippen LogP contribution in [0.15, 0.2) is 12.1 Å². The first kappa shape index (κ1) is 12.2. The first-order valence-corrected chi connectivity index (χ1v) is 6.13. The van der Waals surface area contributed by atoms with Gasteiger partial charge in [-0.25, -0.2) is 0 Å². The van der Waals surface area contributed by atoms with E-state index >= 15 is 0 Å². The highest BCUT2D eigenvalue weighted by Gasteiger charge is 2.40. The summed E-state index contributed by atoms with van der Waals surface area (Å²) >= 11 is 0. The van der Waals surface area contributed by atoms with Crippen LogP contribution in [0.3, 0.4) is 0 Å². The number of carboxylic acids is 1. The number of fused-ring (bicyclic) bond motifs is 1. The second-order valence-corrected chi connectivity index (χ2v) is 5.97. The number of hydrogen-bond donors (Lipinski definition) is 1. The number of carboxylic acid groups (broad SMARTS) is 1. The largest absolute Gasteiger partial charge is 0.481 e. The van der Waals surface area contributed by atoms with E-state index < -0.39 is 5.97 Å². The van der Waals surface area contributed by atoms with Gasteiger partial charge in [-0.15, -0.1) is 0 Å². The van der Waals surface area contributed by atoms with Crippen molar-refractivity contribution in [2.45, 2.75) is 46.5 Å². The topological polar surface area (TPSA) is 37.3 Å². The normalized spacial score (nSPS) is 21.3. The first-order valence-electron chi connectivity index (χ1n) is 6.13. The van der Waals surface area contributed by atoms with E-state index in [2.05, 4.69) is 39.8 Å². The number of rotatable bonds is 2. The maximum atomic E-state index is 11.0. The van der Waals surface area contributed by atoms with Gasteiger partial charge in [0.15, 0.2) is 0 Å². The van der Waals surface area contributed by atoms with Crippen molar-refractivity contribution in [1.29, 1.82) is 0 Å². The fourth-order valence-electron chi connectivity index (χ4n) is 3.14. The third kappa shape index (κ3) is 2.08. The predicted molar refractivity (Wildman–Crippen MR) is 68.4 cm³/mol. The molecule has 1 aliphatic rings. The Labute approximate surface area is 103 Å². The molecule has 1 aliphatic carbocycles. The molecule has 0 heterocycles. The first-order chi connectivity index (χ1) is 7.81. The molecule has 0 radical (unpaired) electrons. The molecule has 1 unspecified atom stereocenters. The van der Waals surface area contributed by atoms with E-state index in [1.807, 2.05) is 0 Å². The summed E-state index contributed by atoms with van der Waals surface area (Å²) in [7, 11) is 0. The molecule has 0 aliphatic heterocycles. The van der Waals surface area contributed by atoms with Crippen molar-refractivity contribution in [2.75, 3.05) is 0 Å². The number of aliphatic carboxylic acids is 1. The quantitative estimate of drug-likeness (QED) is 0.848. The van der Waals surface area contributed by atoms with Crippen molar-refractivity contribution in [3.63, 3.8) is 0 Å². The Kier molecular flexibility index (Phi) is 2.76. The molecule has 1 aromatic rings. The number of hydrogen-bond acceptors (Lipinski definition) is 1. The molecule has 0 aromatic heterocycles. The van der Waals surface area contributed by atoms with E-state index in [4.69, 9.17) is 5.11 Å². The molecular weight excluding hydrogens is 212 g/mol. The van der Waals surface area contributed by atoms with Crippen LogP contribution in [-0.4, -0.2) is 11.1 Å². The van der Waals surface area contributed by atoms with Crippen molar-refractivity contribution < 1.29 is 9.90 Å². The zero-order chi connectivity index (χ0) is 12.8. The van der Waals surface area contributed by atoms with E-state index in [0.717, 1.165) is 6.42 Å². The lowest BCUT2D eigenvalue weighted by molar-refractivity contribution is -0.138. The molecule has 2 rings (SSSR count). The molecule has 2 nitrogen and oxygen atoms in total. The summed E-state index contributed by atoms with van der Waals surface area (Å²) in [5, 5.41) is 9.07. The van der Waals surface area contributed by atoms with Gasteiger partial charge in [-0.2, -0.15) is 0 Å². The Morgan fingerprint density at radius 1 is 1.41 bits per heavy atom. The monoisotopic (exact) mass is 232 g/mol. The van der Waals surface area contributed by atoms with Crippen molar-refractivity contribution in [3.8, 4) is 0 Å². The van der Waals surface area contributed by atoms with Crippen molar-refractivity contribution in [3.05, 3.63) is 34.4 Å². The summed E-state index contributed by atoms with van der Waals surface area (Å²) in [6.07, 6.45) is 1.23. The molecule has 0 spiro atoms. The van der Waals surface area contributed by atoms with E-state index in [1.165, 1.54) is 22.3 Å². The van der Waals surface area contributed by atoms with E-state index in [9.17, 15) is 4.79 Å². The minimum Gasteiger partial charge on any atom is -0.481 e. The summed E-state index contributed by atoms with van der Waals surface area (Å²) in [6.45, 7) is 8.56. The van der Waals surface area contributed by atoms with E-state index in [1.54, 1.807) is 0 Å². The van der Waals surface area contributed by atoms with Gasteiger partial charge in [0.2, 0.25) is 0 Å². The summed E-state index contributed by atoms with van der Waals surface area (Å²) in [6, 6.07) is 4.36. The Morgan fingerprint density at radius 3 is 2.65 bits per heavy atom. The van der Waals surface area contributed by atoms with Crippen LogP contribution in [0.1, 0.15) is 48.4 Å². The highest BCUT2D eigenvalue weighted by molar-refractivity contribution is 5.69. The Hall–Kier alpha value is -1.31. The minimum absolute atomic E-state index is 0.0548. The second-order valence-electron chi connectivity index (χ2n) is 5.97. The van der Waals surface area contributed by atoms with Crippen LogP contribution in [0.25, 0.3) is 0 Å². The Balaban J connectivity index is 2.51. The van der Waals surface area contributed by atoms with E-state index in [0.29, 0.717) is 0 Å². The van der Waals surface area contributed by atoms with Crippen molar-refractivity contribution in [1.82, 2.24) is 0 Å². The summed E-state index contributed by atoms with van der Waals surface area (Å²) in [4.78, 5) is 11.0. The lowest BCUT2D eigenvalue weighted by atomic mass is 9.78. The zero-order valence-electron chi connectivity index (χ0n) is 11.0. The highest BCUT2D eigenvalue weighted by atomic mass is 16.4. The molecule has 0 fully saturated rings. The summed E-state index contributed by atoms with van der Waals surface area (Å²) in [5.41, 5.74) is 5.22. The molecule has 0 amide bonds. The second kappa shape index (κ2) is 3.86. The van der Waals surface area contributed by atoms with Gasteiger partial charge in [0.25, 0.3) is 0 Å². The number of carbonyl (C=O) groups is 1. The maximum Gasteiger partial charge on any atom is 0.303 e. The van der Waals surface area contributed by atoms with Crippen LogP contribution >= 0.6 is 0 Å². The zero-order valence-corrected chi connectivity index (χ0v) is 11.0. The molecule has 92 valence electrons. The van der Waals surface area contributed by atoms with Gasteiger partial charge in [-0.3, -0.25) is 4.79 Å². The van der Waals surface area contributed by atoms with Crippen molar-refractivity contribution >= 4 is 5.97 Å². The molecule has 1 aromatic carbocycles. The highest BCUT2D eigenvalue weighted by Crippen LogP contribution is 2.49. The molecule has 0 saturated heterocycles. The van der Waals surface area contributed by atoms with Gasteiger partial charge in [0.05, 0.1) is 6.42 Å². The van der Waals surface area contributed by atoms with Crippen LogP contribution < -0.4 is 0 Å². The molecule has 1 N–H and O–H groups in total. The third-order valence-corrected chi connectivity index (χ3v) is 3.98. The average Bonchev–Trinajstić information content (AvgIpc) is 2.40. The van der Waals surface area contributed by atoms with Gasteiger partial charge in [0.1, 0.15) is 0 Å².